The molecular weight excluding hydrogens is 340 g/mol. The van der Waals surface area contributed by atoms with Crippen LogP contribution in [-0.2, 0) is 11.3 Å². The van der Waals surface area contributed by atoms with E-state index in [1.54, 1.807) is 12.1 Å². The lowest BCUT2D eigenvalue weighted by molar-refractivity contribution is -0.122. The quantitative estimate of drug-likeness (QED) is 0.561. The van der Waals surface area contributed by atoms with Gasteiger partial charge in [-0.05, 0) is 36.9 Å². The van der Waals surface area contributed by atoms with Gasteiger partial charge in [0.15, 0.2) is 0 Å². The lowest BCUT2D eigenvalue weighted by Crippen LogP contribution is -2.44. The normalized spacial score (nSPS) is 19.4. The third kappa shape index (κ3) is 3.54. The predicted octanol–water partition coefficient (Wildman–Crippen LogP) is 2.38. The number of carbonyl (C=O) groups excluding carboxylic acids is 1. The molecule has 1 amide bonds. The first-order valence-electron chi connectivity index (χ1n) is 9.25. The maximum Gasteiger partial charge on any atom is 0.238 e. The van der Waals surface area contributed by atoms with Gasteiger partial charge in [0.2, 0.25) is 5.91 Å². The molecule has 6 heteroatoms. The number of phenols is 1. The molecule has 27 heavy (non-hydrogen) atoms. The van der Waals surface area contributed by atoms with E-state index in [4.69, 9.17) is 0 Å². The Morgan fingerprint density at radius 1 is 1.19 bits per heavy atom. The molecule has 2 atom stereocenters. The highest BCUT2D eigenvalue weighted by molar-refractivity contribution is 5.82. The number of nitrogens with one attached hydrogen (secondary N) is 3. The van der Waals surface area contributed by atoms with E-state index < -0.39 is 0 Å². The molecule has 1 aliphatic rings. The van der Waals surface area contributed by atoms with Gasteiger partial charge in [-0.2, -0.15) is 0 Å². The molecule has 3 aromatic rings. The lowest BCUT2D eigenvalue weighted by atomic mass is 10.0. The zero-order chi connectivity index (χ0) is 18.8. The number of para-hydroxylation sites is 2. The summed E-state index contributed by atoms with van der Waals surface area (Å²) in [5, 5.41) is 14.2. The number of aromatic hydroxyl groups is 1. The van der Waals surface area contributed by atoms with Crippen molar-refractivity contribution < 1.29 is 9.90 Å². The van der Waals surface area contributed by atoms with Crippen LogP contribution in [0.3, 0.4) is 0 Å². The molecule has 0 aliphatic carbocycles. The van der Waals surface area contributed by atoms with E-state index >= 15 is 0 Å². The number of benzene rings is 2. The lowest BCUT2D eigenvalue weighted by Gasteiger charge is -2.13. The summed E-state index contributed by atoms with van der Waals surface area (Å²) in [6, 6.07) is 17.2. The first-order chi connectivity index (χ1) is 13.1. The first-order valence-corrected chi connectivity index (χ1v) is 9.25. The standard InChI is InChI=1S/C21H24N4O2/c1-14-12-15-6-2-4-8-19(15)25(14)11-10-22-21(27)18-13-17(23-24-18)16-7-3-5-9-20(16)26/h2-9,12,17-18,23-24,26H,10-11,13H2,1H3,(H,22,27). The minimum absolute atomic E-state index is 0.0328. The molecule has 2 aromatic carbocycles. The number of aryl methyl sites for hydroxylation is 1. The van der Waals surface area contributed by atoms with Gasteiger partial charge in [0.25, 0.3) is 0 Å². The summed E-state index contributed by atoms with van der Waals surface area (Å²) in [6.07, 6.45) is 0.592. The van der Waals surface area contributed by atoms with Crippen LogP contribution < -0.4 is 16.2 Å². The van der Waals surface area contributed by atoms with Crippen LogP contribution in [0.1, 0.15) is 23.7 Å². The van der Waals surface area contributed by atoms with Gasteiger partial charge in [-0.15, -0.1) is 0 Å². The fourth-order valence-corrected chi connectivity index (χ4v) is 3.77. The summed E-state index contributed by atoms with van der Waals surface area (Å²) < 4.78 is 2.22. The maximum atomic E-state index is 12.5. The third-order valence-electron chi connectivity index (χ3n) is 5.18. The third-order valence-corrected chi connectivity index (χ3v) is 5.18. The molecule has 4 N–H and O–H groups in total. The number of amides is 1. The van der Waals surface area contributed by atoms with Crippen molar-refractivity contribution in [3.8, 4) is 5.75 Å². The predicted molar refractivity (Wildman–Crippen MR) is 105 cm³/mol. The van der Waals surface area contributed by atoms with Crippen molar-refractivity contribution in [3.05, 3.63) is 65.9 Å². The van der Waals surface area contributed by atoms with Crippen LogP contribution in [0.2, 0.25) is 0 Å². The number of hydrogen-bond donors (Lipinski definition) is 4. The number of rotatable bonds is 5. The van der Waals surface area contributed by atoms with E-state index in [0.717, 1.165) is 12.1 Å². The molecule has 0 radical (unpaired) electrons. The van der Waals surface area contributed by atoms with Gasteiger partial charge in [-0.25, -0.2) is 10.9 Å². The van der Waals surface area contributed by atoms with E-state index in [1.165, 1.54) is 16.6 Å². The maximum absolute atomic E-state index is 12.5. The molecule has 1 aliphatic heterocycles. The van der Waals surface area contributed by atoms with Crippen molar-refractivity contribution in [2.45, 2.75) is 32.0 Å². The van der Waals surface area contributed by atoms with Crippen LogP contribution in [0.15, 0.2) is 54.6 Å². The van der Waals surface area contributed by atoms with Gasteiger partial charge in [-0.3, -0.25) is 4.79 Å². The monoisotopic (exact) mass is 364 g/mol. The van der Waals surface area contributed by atoms with Crippen LogP contribution in [-0.4, -0.2) is 28.2 Å². The number of hydrogen-bond acceptors (Lipinski definition) is 4. The Bertz CT molecular complexity index is 966. The van der Waals surface area contributed by atoms with E-state index in [1.807, 2.05) is 24.3 Å². The van der Waals surface area contributed by atoms with E-state index in [9.17, 15) is 9.90 Å². The molecule has 1 fully saturated rings. The molecule has 0 saturated carbocycles. The molecule has 0 spiro atoms. The summed E-state index contributed by atoms with van der Waals surface area (Å²) in [4.78, 5) is 12.5. The zero-order valence-electron chi connectivity index (χ0n) is 15.3. The SMILES string of the molecule is Cc1cc2ccccc2n1CCNC(=O)C1CC(c2ccccc2O)NN1. The number of aromatic nitrogens is 1. The Labute approximate surface area is 158 Å². The van der Waals surface area contributed by atoms with Gasteiger partial charge in [0.1, 0.15) is 11.8 Å². The topological polar surface area (TPSA) is 78.3 Å². The Hall–Kier alpha value is -2.83. The first kappa shape index (κ1) is 17.6. The fourth-order valence-electron chi connectivity index (χ4n) is 3.77. The number of nitrogens with zero attached hydrogens (tertiary/aromatic N) is 1. The van der Waals surface area contributed by atoms with Gasteiger partial charge in [0.05, 0.1) is 6.04 Å². The number of phenolic OH excluding ortho intramolecular Hbond substituents is 1. The van der Waals surface area contributed by atoms with Crippen molar-refractivity contribution in [1.82, 2.24) is 20.7 Å². The zero-order valence-corrected chi connectivity index (χ0v) is 15.3. The Morgan fingerprint density at radius 3 is 2.81 bits per heavy atom. The minimum atomic E-state index is -0.322. The van der Waals surface area contributed by atoms with Gasteiger partial charge >= 0.3 is 0 Å². The van der Waals surface area contributed by atoms with Crippen molar-refractivity contribution in [2.75, 3.05) is 6.54 Å². The highest BCUT2D eigenvalue weighted by Crippen LogP contribution is 2.29. The van der Waals surface area contributed by atoms with Gasteiger partial charge < -0.3 is 15.0 Å². The second kappa shape index (κ2) is 7.42. The molecule has 140 valence electrons. The smallest absolute Gasteiger partial charge is 0.238 e. The largest absolute Gasteiger partial charge is 0.508 e. The summed E-state index contributed by atoms with van der Waals surface area (Å²) in [7, 11) is 0. The van der Waals surface area contributed by atoms with Gasteiger partial charge in [0, 0.05) is 29.9 Å². The summed E-state index contributed by atoms with van der Waals surface area (Å²) >= 11 is 0. The number of fused-ring (bicyclic) bond motifs is 1. The van der Waals surface area contributed by atoms with Crippen LogP contribution in [0, 0.1) is 6.92 Å². The second-order valence-corrected chi connectivity index (χ2v) is 6.98. The van der Waals surface area contributed by atoms with Crippen LogP contribution in [0.5, 0.6) is 5.75 Å². The second-order valence-electron chi connectivity index (χ2n) is 6.98. The van der Waals surface area contributed by atoms with Gasteiger partial charge in [-0.1, -0.05) is 36.4 Å². The number of hydrazine groups is 1. The Kier molecular flexibility index (Phi) is 4.83. The molecule has 0 bridgehead atoms. The number of carbonyl (C=O) groups is 1. The summed E-state index contributed by atoms with van der Waals surface area (Å²) in [6.45, 7) is 3.38. The molecule has 1 aromatic heterocycles. The molecule has 1 saturated heterocycles. The molecule has 4 rings (SSSR count). The highest BCUT2D eigenvalue weighted by Gasteiger charge is 2.31. The Balaban J connectivity index is 1.34. The molecule has 2 heterocycles. The summed E-state index contributed by atoms with van der Waals surface area (Å²) in [5.41, 5.74) is 9.31. The van der Waals surface area contributed by atoms with Crippen molar-refractivity contribution in [1.29, 1.82) is 0 Å². The minimum Gasteiger partial charge on any atom is -0.508 e. The average molecular weight is 364 g/mol. The summed E-state index contributed by atoms with van der Waals surface area (Å²) in [5.74, 6) is 0.211. The van der Waals surface area contributed by atoms with Crippen molar-refractivity contribution in [3.63, 3.8) is 0 Å². The molecule has 2 unspecified atom stereocenters. The van der Waals surface area contributed by atoms with Crippen molar-refractivity contribution in [2.24, 2.45) is 0 Å². The van der Waals surface area contributed by atoms with E-state index in [2.05, 4.69) is 45.9 Å². The van der Waals surface area contributed by atoms with E-state index in [0.29, 0.717) is 13.0 Å². The Morgan fingerprint density at radius 2 is 1.96 bits per heavy atom. The van der Waals surface area contributed by atoms with Crippen molar-refractivity contribution >= 4 is 16.8 Å². The highest BCUT2D eigenvalue weighted by atomic mass is 16.3. The fraction of sp³-hybridized carbons (Fsp3) is 0.286. The van der Waals surface area contributed by atoms with E-state index in [-0.39, 0.29) is 23.7 Å². The van der Waals surface area contributed by atoms with Crippen LogP contribution in [0.25, 0.3) is 10.9 Å². The van der Waals surface area contributed by atoms with Crippen LogP contribution >= 0.6 is 0 Å². The molecular formula is C21H24N4O2. The average Bonchev–Trinajstić information content (AvgIpc) is 3.27. The molecule has 6 nitrogen and oxygen atoms in total. The van der Waals surface area contributed by atoms with Crippen LogP contribution in [0.4, 0.5) is 0 Å².